The summed E-state index contributed by atoms with van der Waals surface area (Å²) in [5.41, 5.74) is 1.82. The highest BCUT2D eigenvalue weighted by atomic mass is 35.5. The van der Waals surface area contributed by atoms with Crippen molar-refractivity contribution >= 4 is 17.3 Å². The number of phenolic OH excluding ortho intramolecular Hbond substituents is 1. The van der Waals surface area contributed by atoms with Crippen molar-refractivity contribution in [2.45, 2.75) is 6.54 Å². The fraction of sp³-hybridized carbons (Fsp3) is 0.143. The summed E-state index contributed by atoms with van der Waals surface area (Å²) in [4.78, 5) is 0. The van der Waals surface area contributed by atoms with Crippen LogP contribution in [0.4, 0.5) is 5.69 Å². The van der Waals surface area contributed by atoms with E-state index in [1.54, 1.807) is 31.4 Å². The van der Waals surface area contributed by atoms with Crippen molar-refractivity contribution in [1.82, 2.24) is 0 Å². The predicted octanol–water partition coefficient (Wildman–Crippen LogP) is 3.67. The Labute approximate surface area is 111 Å². The van der Waals surface area contributed by atoms with E-state index in [2.05, 4.69) is 5.32 Å². The van der Waals surface area contributed by atoms with E-state index >= 15 is 0 Å². The van der Waals surface area contributed by atoms with Gasteiger partial charge >= 0.3 is 0 Å². The lowest BCUT2D eigenvalue weighted by molar-refractivity contribution is 0.410. The topological polar surface area (TPSA) is 41.5 Å². The number of halogens is 1. The Balaban J connectivity index is 2.12. The van der Waals surface area contributed by atoms with Crippen LogP contribution in [0.15, 0.2) is 42.5 Å². The second kappa shape index (κ2) is 5.65. The summed E-state index contributed by atoms with van der Waals surface area (Å²) in [7, 11) is 1.62. The molecule has 0 aromatic heterocycles. The zero-order chi connectivity index (χ0) is 13.0. The lowest BCUT2D eigenvalue weighted by Gasteiger charge is -2.12. The minimum atomic E-state index is 0.246. The van der Waals surface area contributed by atoms with Crippen LogP contribution < -0.4 is 10.1 Å². The van der Waals surface area contributed by atoms with Gasteiger partial charge in [0.25, 0.3) is 0 Å². The molecule has 0 radical (unpaired) electrons. The molecule has 0 aliphatic rings. The molecule has 0 atom stereocenters. The summed E-state index contributed by atoms with van der Waals surface area (Å²) in [6.07, 6.45) is 0. The van der Waals surface area contributed by atoms with Gasteiger partial charge in [0.1, 0.15) is 11.5 Å². The van der Waals surface area contributed by atoms with Crippen LogP contribution >= 0.6 is 11.6 Å². The normalized spacial score (nSPS) is 10.1. The molecule has 3 nitrogen and oxygen atoms in total. The van der Waals surface area contributed by atoms with Gasteiger partial charge in [0, 0.05) is 22.8 Å². The molecule has 2 aromatic carbocycles. The third-order valence-electron chi connectivity index (χ3n) is 2.63. The molecular formula is C14H14ClNO2. The Morgan fingerprint density at radius 1 is 1.17 bits per heavy atom. The van der Waals surface area contributed by atoms with Crippen molar-refractivity contribution in [3.63, 3.8) is 0 Å². The van der Waals surface area contributed by atoms with Gasteiger partial charge in [-0.2, -0.15) is 0 Å². The van der Waals surface area contributed by atoms with Crippen LogP contribution in [0, 0.1) is 0 Å². The van der Waals surface area contributed by atoms with E-state index < -0.39 is 0 Å². The summed E-state index contributed by atoms with van der Waals surface area (Å²) >= 11 is 6.14. The lowest BCUT2D eigenvalue weighted by Crippen LogP contribution is -2.02. The van der Waals surface area contributed by atoms with Crippen LogP contribution in [0.3, 0.4) is 0 Å². The molecule has 0 saturated heterocycles. The van der Waals surface area contributed by atoms with Gasteiger partial charge in [-0.1, -0.05) is 17.7 Å². The van der Waals surface area contributed by atoms with Crippen molar-refractivity contribution in [2.24, 2.45) is 0 Å². The average Bonchev–Trinajstić information content (AvgIpc) is 2.39. The maximum atomic E-state index is 9.20. The van der Waals surface area contributed by atoms with Gasteiger partial charge in [0.05, 0.1) is 7.11 Å². The highest BCUT2D eigenvalue weighted by molar-refractivity contribution is 6.31. The molecule has 0 fully saturated rings. The molecule has 0 aliphatic heterocycles. The molecule has 0 amide bonds. The number of methoxy groups -OCH3 is 1. The SMILES string of the molecule is COc1cccc(Cl)c1CNc1ccc(O)cc1. The average molecular weight is 264 g/mol. The van der Waals surface area contributed by atoms with Gasteiger partial charge in [-0.05, 0) is 36.4 Å². The van der Waals surface area contributed by atoms with Crippen LogP contribution in [0.25, 0.3) is 0 Å². The molecule has 18 heavy (non-hydrogen) atoms. The van der Waals surface area contributed by atoms with E-state index in [1.165, 1.54) is 0 Å². The van der Waals surface area contributed by atoms with Crippen LogP contribution in [0.5, 0.6) is 11.5 Å². The van der Waals surface area contributed by atoms with E-state index in [9.17, 15) is 5.11 Å². The zero-order valence-electron chi connectivity index (χ0n) is 9.98. The molecule has 2 aromatic rings. The lowest BCUT2D eigenvalue weighted by atomic mass is 10.2. The van der Waals surface area contributed by atoms with Crippen molar-refractivity contribution in [2.75, 3.05) is 12.4 Å². The number of phenols is 1. The van der Waals surface area contributed by atoms with Gasteiger partial charge in [-0.15, -0.1) is 0 Å². The Kier molecular flexibility index (Phi) is 3.95. The number of ether oxygens (including phenoxy) is 1. The number of aromatic hydroxyl groups is 1. The molecular weight excluding hydrogens is 250 g/mol. The third kappa shape index (κ3) is 2.87. The van der Waals surface area contributed by atoms with Gasteiger partial charge in [0.2, 0.25) is 0 Å². The maximum absolute atomic E-state index is 9.20. The molecule has 4 heteroatoms. The number of anilines is 1. The Morgan fingerprint density at radius 3 is 2.56 bits per heavy atom. The number of hydrogen-bond donors (Lipinski definition) is 2. The minimum Gasteiger partial charge on any atom is -0.508 e. The molecule has 2 N–H and O–H groups in total. The Morgan fingerprint density at radius 2 is 1.89 bits per heavy atom. The van der Waals surface area contributed by atoms with Crippen LogP contribution in [-0.4, -0.2) is 12.2 Å². The second-order valence-corrected chi connectivity index (χ2v) is 4.23. The first kappa shape index (κ1) is 12.6. The summed E-state index contributed by atoms with van der Waals surface area (Å²) in [5.74, 6) is 1.00. The van der Waals surface area contributed by atoms with Gasteiger partial charge in [-0.25, -0.2) is 0 Å². The standard InChI is InChI=1S/C14H14ClNO2/c1-18-14-4-2-3-13(15)12(14)9-16-10-5-7-11(17)8-6-10/h2-8,16-17H,9H2,1H3. The highest BCUT2D eigenvalue weighted by Crippen LogP contribution is 2.27. The predicted molar refractivity (Wildman–Crippen MR) is 73.4 cm³/mol. The molecule has 0 saturated carbocycles. The maximum Gasteiger partial charge on any atom is 0.125 e. The van der Waals surface area contributed by atoms with Crippen molar-refractivity contribution in [1.29, 1.82) is 0 Å². The van der Waals surface area contributed by atoms with E-state index in [0.29, 0.717) is 11.6 Å². The first-order chi connectivity index (χ1) is 8.70. The fourth-order valence-electron chi connectivity index (χ4n) is 1.67. The summed E-state index contributed by atoms with van der Waals surface area (Å²) in [5, 5.41) is 13.1. The molecule has 2 rings (SSSR count). The van der Waals surface area contributed by atoms with Gasteiger partial charge in [-0.3, -0.25) is 0 Å². The van der Waals surface area contributed by atoms with E-state index in [4.69, 9.17) is 16.3 Å². The first-order valence-electron chi connectivity index (χ1n) is 5.55. The van der Waals surface area contributed by atoms with E-state index in [1.807, 2.05) is 18.2 Å². The quantitative estimate of drug-likeness (QED) is 0.827. The van der Waals surface area contributed by atoms with Gasteiger partial charge in [0.15, 0.2) is 0 Å². The molecule has 0 unspecified atom stereocenters. The largest absolute Gasteiger partial charge is 0.508 e. The second-order valence-electron chi connectivity index (χ2n) is 3.82. The number of rotatable bonds is 4. The van der Waals surface area contributed by atoms with E-state index in [0.717, 1.165) is 17.0 Å². The first-order valence-corrected chi connectivity index (χ1v) is 5.93. The van der Waals surface area contributed by atoms with Crippen LogP contribution in [0.1, 0.15) is 5.56 Å². The van der Waals surface area contributed by atoms with Crippen molar-refractivity contribution in [3.05, 3.63) is 53.1 Å². The summed E-state index contributed by atoms with van der Waals surface area (Å²) < 4.78 is 5.27. The Bertz CT molecular complexity index is 526. The van der Waals surface area contributed by atoms with E-state index in [-0.39, 0.29) is 5.75 Å². The smallest absolute Gasteiger partial charge is 0.125 e. The summed E-state index contributed by atoms with van der Waals surface area (Å²) in [6, 6.07) is 12.4. The monoisotopic (exact) mass is 263 g/mol. The Hall–Kier alpha value is -1.87. The molecule has 0 aliphatic carbocycles. The number of hydrogen-bond acceptors (Lipinski definition) is 3. The number of nitrogens with one attached hydrogen (secondary N) is 1. The van der Waals surface area contributed by atoms with Gasteiger partial charge < -0.3 is 15.2 Å². The summed E-state index contributed by atoms with van der Waals surface area (Å²) in [6.45, 7) is 0.563. The minimum absolute atomic E-state index is 0.246. The van der Waals surface area contributed by atoms with Crippen molar-refractivity contribution in [3.8, 4) is 11.5 Å². The fourth-order valence-corrected chi connectivity index (χ4v) is 1.90. The third-order valence-corrected chi connectivity index (χ3v) is 2.99. The molecule has 0 bridgehead atoms. The zero-order valence-corrected chi connectivity index (χ0v) is 10.7. The molecule has 0 spiro atoms. The number of benzene rings is 2. The van der Waals surface area contributed by atoms with Crippen molar-refractivity contribution < 1.29 is 9.84 Å². The molecule has 94 valence electrons. The highest BCUT2D eigenvalue weighted by Gasteiger charge is 2.06. The van der Waals surface area contributed by atoms with Crippen LogP contribution in [-0.2, 0) is 6.54 Å². The van der Waals surface area contributed by atoms with Crippen LogP contribution in [0.2, 0.25) is 5.02 Å². The molecule has 0 heterocycles.